The van der Waals surface area contributed by atoms with Gasteiger partial charge in [0.05, 0.1) is 0 Å². The Morgan fingerprint density at radius 3 is 2.62 bits per heavy atom. The first-order valence-electron chi connectivity index (χ1n) is 6.18. The fourth-order valence-corrected chi connectivity index (χ4v) is 2.17. The molecule has 1 saturated carbocycles. The summed E-state index contributed by atoms with van der Waals surface area (Å²) in [6.45, 7) is 5.44. The molecule has 1 aliphatic carbocycles. The molecule has 0 aromatic heterocycles. The maximum absolute atomic E-state index is 9.74. The van der Waals surface area contributed by atoms with Crippen LogP contribution in [0.25, 0.3) is 0 Å². The summed E-state index contributed by atoms with van der Waals surface area (Å²) in [5, 5.41) is 13.3. The molecule has 2 rings (SSSR count). The highest BCUT2D eigenvalue weighted by molar-refractivity contribution is 5.34. The Hall–Kier alpha value is -1.02. The number of nitrogens with one attached hydrogen (secondary N) is 1. The van der Waals surface area contributed by atoms with Crippen molar-refractivity contribution in [2.24, 2.45) is 5.41 Å². The first-order chi connectivity index (χ1) is 7.67. The first kappa shape index (κ1) is 11.5. The summed E-state index contributed by atoms with van der Waals surface area (Å²) in [7, 11) is 0. The average molecular weight is 219 g/mol. The van der Waals surface area contributed by atoms with Crippen LogP contribution in [0.2, 0.25) is 0 Å². The Labute approximate surface area is 97.7 Å². The number of benzene rings is 1. The molecule has 1 atom stereocenters. The molecule has 1 aromatic rings. The zero-order valence-electron chi connectivity index (χ0n) is 10.2. The van der Waals surface area contributed by atoms with Gasteiger partial charge in [-0.15, -0.1) is 0 Å². The van der Waals surface area contributed by atoms with E-state index in [2.05, 4.69) is 19.2 Å². The van der Waals surface area contributed by atoms with Crippen LogP contribution in [0.5, 0.6) is 5.75 Å². The largest absolute Gasteiger partial charge is 0.508 e. The molecule has 1 fully saturated rings. The minimum Gasteiger partial charge on any atom is -0.508 e. The van der Waals surface area contributed by atoms with Crippen LogP contribution in [-0.4, -0.2) is 11.7 Å². The van der Waals surface area contributed by atoms with E-state index in [1.54, 1.807) is 6.07 Å². The van der Waals surface area contributed by atoms with E-state index >= 15 is 0 Å². The zero-order valence-corrected chi connectivity index (χ0v) is 10.2. The minimum absolute atomic E-state index is 0.227. The Morgan fingerprint density at radius 2 is 2.06 bits per heavy atom. The lowest BCUT2D eigenvalue weighted by molar-refractivity contribution is 0.403. The normalized spacial score (nSPS) is 19.4. The number of hydrogen-bond acceptors (Lipinski definition) is 2. The van der Waals surface area contributed by atoms with E-state index in [1.807, 2.05) is 18.2 Å². The summed E-state index contributed by atoms with van der Waals surface area (Å²) in [6, 6.07) is 7.80. The molecule has 0 amide bonds. The Balaban J connectivity index is 1.93. The Morgan fingerprint density at radius 1 is 1.38 bits per heavy atom. The van der Waals surface area contributed by atoms with Gasteiger partial charge in [-0.25, -0.2) is 0 Å². The number of phenolic OH excluding ortho intramolecular Hbond substituents is 1. The highest BCUT2D eigenvalue weighted by Crippen LogP contribution is 2.48. The van der Waals surface area contributed by atoms with Gasteiger partial charge in [-0.1, -0.05) is 25.1 Å². The van der Waals surface area contributed by atoms with Gasteiger partial charge in [-0.05, 0) is 37.7 Å². The molecular weight excluding hydrogens is 198 g/mol. The zero-order chi connectivity index (χ0) is 11.6. The lowest BCUT2D eigenvalue weighted by Gasteiger charge is -2.19. The monoisotopic (exact) mass is 219 g/mol. The van der Waals surface area contributed by atoms with E-state index < -0.39 is 0 Å². The van der Waals surface area contributed by atoms with Crippen molar-refractivity contribution in [3.63, 3.8) is 0 Å². The summed E-state index contributed by atoms with van der Waals surface area (Å²) in [5.74, 6) is 0.392. The maximum Gasteiger partial charge on any atom is 0.120 e. The van der Waals surface area contributed by atoms with Crippen molar-refractivity contribution in [1.82, 2.24) is 5.32 Å². The molecule has 1 unspecified atom stereocenters. The summed E-state index contributed by atoms with van der Waals surface area (Å²) >= 11 is 0. The van der Waals surface area contributed by atoms with Gasteiger partial charge in [0, 0.05) is 18.2 Å². The minimum atomic E-state index is 0.227. The predicted molar refractivity (Wildman–Crippen MR) is 66.5 cm³/mol. The number of rotatable bonds is 5. The van der Waals surface area contributed by atoms with Crippen LogP contribution < -0.4 is 5.32 Å². The molecule has 2 heteroatoms. The van der Waals surface area contributed by atoms with Crippen molar-refractivity contribution >= 4 is 0 Å². The second kappa shape index (κ2) is 4.46. The van der Waals surface area contributed by atoms with Gasteiger partial charge >= 0.3 is 0 Å². The van der Waals surface area contributed by atoms with Crippen LogP contribution in [0.3, 0.4) is 0 Å². The second-order valence-corrected chi connectivity index (χ2v) is 5.01. The van der Waals surface area contributed by atoms with Crippen LogP contribution in [-0.2, 0) is 0 Å². The Bertz CT molecular complexity index is 358. The molecule has 0 heterocycles. The molecule has 1 aromatic carbocycles. The average Bonchev–Trinajstić information content (AvgIpc) is 3.07. The van der Waals surface area contributed by atoms with Crippen molar-refractivity contribution in [3.8, 4) is 5.75 Å². The second-order valence-electron chi connectivity index (χ2n) is 5.01. The van der Waals surface area contributed by atoms with Crippen molar-refractivity contribution in [3.05, 3.63) is 29.8 Å². The molecule has 2 N–H and O–H groups in total. The summed E-state index contributed by atoms with van der Waals surface area (Å²) in [5.41, 5.74) is 1.55. The topological polar surface area (TPSA) is 32.3 Å². The third-order valence-corrected chi connectivity index (χ3v) is 3.89. The van der Waals surface area contributed by atoms with Gasteiger partial charge in [0.2, 0.25) is 0 Å². The molecule has 0 radical (unpaired) electrons. The Kier molecular flexibility index (Phi) is 3.20. The highest BCUT2D eigenvalue weighted by Gasteiger charge is 2.40. The van der Waals surface area contributed by atoms with Crippen LogP contribution in [0, 0.1) is 5.41 Å². The van der Waals surface area contributed by atoms with E-state index in [0.717, 1.165) is 12.1 Å². The molecule has 0 spiro atoms. The molecule has 0 bridgehead atoms. The summed E-state index contributed by atoms with van der Waals surface area (Å²) < 4.78 is 0. The van der Waals surface area contributed by atoms with Crippen molar-refractivity contribution in [2.75, 3.05) is 6.54 Å². The molecule has 0 saturated heterocycles. The van der Waals surface area contributed by atoms with Gasteiger partial charge in [0.25, 0.3) is 0 Å². The van der Waals surface area contributed by atoms with E-state index in [0.29, 0.717) is 11.2 Å². The third-order valence-electron chi connectivity index (χ3n) is 3.89. The quantitative estimate of drug-likeness (QED) is 0.797. The van der Waals surface area contributed by atoms with Crippen molar-refractivity contribution in [1.29, 1.82) is 0 Å². The molecule has 16 heavy (non-hydrogen) atoms. The smallest absolute Gasteiger partial charge is 0.120 e. The number of aromatic hydroxyl groups is 1. The fraction of sp³-hybridized carbons (Fsp3) is 0.571. The van der Waals surface area contributed by atoms with E-state index in [1.165, 1.54) is 19.3 Å². The maximum atomic E-state index is 9.74. The molecule has 0 aliphatic heterocycles. The van der Waals surface area contributed by atoms with Crippen molar-refractivity contribution < 1.29 is 5.11 Å². The van der Waals surface area contributed by atoms with E-state index in [4.69, 9.17) is 0 Å². The fourth-order valence-electron chi connectivity index (χ4n) is 2.17. The number of phenols is 1. The summed E-state index contributed by atoms with van der Waals surface area (Å²) in [6.07, 6.45) is 3.96. The van der Waals surface area contributed by atoms with Crippen LogP contribution in [0.1, 0.15) is 44.7 Å². The SMILES string of the molecule is CCC1(CNC(C)c2ccccc2O)CC1. The molecule has 2 nitrogen and oxygen atoms in total. The molecule has 1 aliphatic rings. The lowest BCUT2D eigenvalue weighted by atomic mass is 10.0. The lowest BCUT2D eigenvalue weighted by Crippen LogP contribution is -2.26. The van der Waals surface area contributed by atoms with Crippen LogP contribution in [0.15, 0.2) is 24.3 Å². The standard InChI is InChI=1S/C14H21NO/c1-3-14(8-9-14)10-15-11(2)12-6-4-5-7-13(12)16/h4-7,11,15-16H,3,8-10H2,1-2H3. The number of hydrogen-bond donors (Lipinski definition) is 2. The molecule has 88 valence electrons. The van der Waals surface area contributed by atoms with E-state index in [9.17, 15) is 5.11 Å². The van der Waals surface area contributed by atoms with Gasteiger partial charge in [-0.2, -0.15) is 0 Å². The van der Waals surface area contributed by atoms with Crippen molar-refractivity contribution in [2.45, 2.75) is 39.2 Å². The predicted octanol–water partition coefficient (Wildman–Crippen LogP) is 3.23. The van der Waals surface area contributed by atoms with Gasteiger partial charge < -0.3 is 10.4 Å². The van der Waals surface area contributed by atoms with E-state index in [-0.39, 0.29) is 6.04 Å². The highest BCUT2D eigenvalue weighted by atomic mass is 16.3. The number of para-hydroxylation sites is 1. The van der Waals surface area contributed by atoms with Crippen LogP contribution in [0.4, 0.5) is 0 Å². The first-order valence-corrected chi connectivity index (χ1v) is 6.18. The van der Waals surface area contributed by atoms with Gasteiger partial charge in [0.1, 0.15) is 5.75 Å². The van der Waals surface area contributed by atoms with Gasteiger partial charge in [-0.3, -0.25) is 0 Å². The molecular formula is C14H21NO. The van der Waals surface area contributed by atoms with Crippen LogP contribution >= 0.6 is 0 Å². The third kappa shape index (κ3) is 2.38. The summed E-state index contributed by atoms with van der Waals surface area (Å²) in [4.78, 5) is 0. The van der Waals surface area contributed by atoms with Gasteiger partial charge in [0.15, 0.2) is 0 Å².